The molecule has 1 atom stereocenters. The van der Waals surface area contributed by atoms with Gasteiger partial charge in [0.1, 0.15) is 22.2 Å². The summed E-state index contributed by atoms with van der Waals surface area (Å²) in [7, 11) is 0. The number of rotatable bonds is 4. The van der Waals surface area contributed by atoms with Gasteiger partial charge in [0.25, 0.3) is 5.91 Å². The van der Waals surface area contributed by atoms with Gasteiger partial charge in [-0.2, -0.15) is 5.10 Å². The van der Waals surface area contributed by atoms with Crippen molar-refractivity contribution >= 4 is 40.6 Å². The van der Waals surface area contributed by atoms with Crippen LogP contribution in [0, 0.1) is 6.92 Å². The van der Waals surface area contributed by atoms with Gasteiger partial charge in [0, 0.05) is 27.8 Å². The van der Waals surface area contributed by atoms with E-state index in [0.717, 1.165) is 22.7 Å². The second kappa shape index (κ2) is 8.89. The van der Waals surface area contributed by atoms with Crippen molar-refractivity contribution < 1.29 is 14.3 Å². The number of amides is 1. The molecule has 0 bridgehead atoms. The third kappa shape index (κ3) is 3.94. The van der Waals surface area contributed by atoms with Gasteiger partial charge in [-0.15, -0.1) is 5.10 Å². The molecule has 9 nitrogen and oxygen atoms in total. The fourth-order valence-corrected chi connectivity index (χ4v) is 5.33. The molecule has 1 unspecified atom stereocenters. The van der Waals surface area contributed by atoms with Crippen LogP contribution in [-0.4, -0.2) is 49.5 Å². The number of ether oxygens (including phenoxy) is 1. The molecule has 4 aromatic rings. The van der Waals surface area contributed by atoms with Crippen LogP contribution < -0.4 is 10.1 Å². The number of anilines is 1. The average molecular weight is 519 g/mol. The number of fused-ring (bicyclic) bond motifs is 1. The van der Waals surface area contributed by atoms with Crippen molar-refractivity contribution in [2.24, 2.45) is 0 Å². The van der Waals surface area contributed by atoms with Crippen LogP contribution >= 0.6 is 23.1 Å². The molecule has 11 heteroatoms. The third-order valence-electron chi connectivity index (χ3n) is 6.23. The van der Waals surface area contributed by atoms with Crippen LogP contribution in [0.4, 0.5) is 5.82 Å². The molecular weight excluding hydrogens is 500 g/mol. The van der Waals surface area contributed by atoms with E-state index in [0.29, 0.717) is 44.2 Å². The minimum absolute atomic E-state index is 0.0265. The average Bonchev–Trinajstić information content (AvgIpc) is 3.52. The van der Waals surface area contributed by atoms with Crippen molar-refractivity contribution in [1.82, 2.24) is 24.7 Å². The summed E-state index contributed by atoms with van der Waals surface area (Å²) in [6.45, 7) is 1.96. The van der Waals surface area contributed by atoms with Crippen molar-refractivity contribution in [2.75, 3.05) is 18.4 Å². The summed E-state index contributed by atoms with van der Waals surface area (Å²) in [4.78, 5) is 28.6. The Morgan fingerprint density at radius 1 is 1.17 bits per heavy atom. The van der Waals surface area contributed by atoms with Gasteiger partial charge in [-0.25, -0.2) is 0 Å². The fourth-order valence-electron chi connectivity index (χ4n) is 4.58. The molecule has 0 aliphatic carbocycles. The van der Waals surface area contributed by atoms with Crippen molar-refractivity contribution in [1.29, 1.82) is 0 Å². The molecule has 0 fully saturated rings. The zero-order valence-corrected chi connectivity index (χ0v) is 20.6. The van der Waals surface area contributed by atoms with Crippen LogP contribution in [0.2, 0.25) is 5.02 Å². The number of H-pyrrole nitrogens is 1. The van der Waals surface area contributed by atoms with E-state index >= 15 is 0 Å². The molecule has 0 radical (unpaired) electrons. The summed E-state index contributed by atoms with van der Waals surface area (Å²) in [5, 5.41) is 15.0. The maximum absolute atomic E-state index is 13.5. The highest BCUT2D eigenvalue weighted by molar-refractivity contribution is 7.08. The first kappa shape index (κ1) is 22.4. The Morgan fingerprint density at radius 2 is 2.00 bits per heavy atom. The third-order valence-corrected chi connectivity index (χ3v) is 7.29. The van der Waals surface area contributed by atoms with Crippen molar-refractivity contribution in [2.45, 2.75) is 12.8 Å². The van der Waals surface area contributed by atoms with Crippen LogP contribution in [0.15, 0.2) is 66.0 Å². The van der Waals surface area contributed by atoms with E-state index in [4.69, 9.17) is 16.3 Å². The lowest BCUT2D eigenvalue weighted by molar-refractivity contribution is -0.117. The molecule has 1 amide bonds. The summed E-state index contributed by atoms with van der Waals surface area (Å²) < 4.78 is 9.89. The number of aromatic amines is 1. The van der Waals surface area contributed by atoms with E-state index in [1.807, 2.05) is 24.3 Å². The van der Waals surface area contributed by atoms with Crippen molar-refractivity contribution in [3.63, 3.8) is 0 Å². The van der Waals surface area contributed by atoms with Crippen LogP contribution in [0.3, 0.4) is 0 Å². The van der Waals surface area contributed by atoms with Gasteiger partial charge in [0.05, 0.1) is 25.0 Å². The van der Waals surface area contributed by atoms with E-state index in [9.17, 15) is 9.59 Å². The number of carbonyl (C=O) groups is 2. The summed E-state index contributed by atoms with van der Waals surface area (Å²) in [5.41, 5.74) is 3.58. The molecule has 36 heavy (non-hydrogen) atoms. The maximum atomic E-state index is 13.5. The summed E-state index contributed by atoms with van der Waals surface area (Å²) in [6.07, 6.45) is 1.72. The Bertz CT molecular complexity index is 1530. The van der Waals surface area contributed by atoms with E-state index in [1.165, 1.54) is 4.90 Å². The first-order valence-corrected chi connectivity index (χ1v) is 12.3. The Morgan fingerprint density at radius 3 is 2.78 bits per heavy atom. The van der Waals surface area contributed by atoms with Gasteiger partial charge in [0.2, 0.25) is 0 Å². The minimum atomic E-state index is -0.361. The molecule has 180 valence electrons. The molecule has 4 heterocycles. The largest absolute Gasteiger partial charge is 0.457 e. The fraction of sp³-hybridized carbons (Fsp3) is 0.160. The molecule has 0 saturated carbocycles. The van der Waals surface area contributed by atoms with Gasteiger partial charge in [-0.3, -0.25) is 14.7 Å². The first-order valence-electron chi connectivity index (χ1n) is 11.2. The smallest absolute Gasteiger partial charge is 0.268 e. The monoisotopic (exact) mass is 518 g/mol. The van der Waals surface area contributed by atoms with Gasteiger partial charge in [-0.05, 0) is 60.4 Å². The molecule has 0 saturated heterocycles. The number of hydrogen-bond donors (Lipinski definition) is 2. The molecule has 2 aliphatic rings. The maximum Gasteiger partial charge on any atom is 0.268 e. The Kier molecular flexibility index (Phi) is 5.54. The number of nitrogens with zero attached hydrogens (tertiary/aromatic N) is 4. The Labute approximate surface area is 214 Å². The van der Waals surface area contributed by atoms with E-state index < -0.39 is 0 Å². The highest BCUT2D eigenvalue weighted by Crippen LogP contribution is 2.43. The molecule has 2 aromatic carbocycles. The molecule has 2 aromatic heterocycles. The number of hydrogen-bond acceptors (Lipinski definition) is 8. The predicted octanol–water partition coefficient (Wildman–Crippen LogP) is 4.55. The van der Waals surface area contributed by atoms with E-state index in [2.05, 4.69) is 25.1 Å². The topological polar surface area (TPSA) is 113 Å². The van der Waals surface area contributed by atoms with Crippen LogP contribution in [-0.2, 0) is 4.79 Å². The minimum Gasteiger partial charge on any atom is -0.457 e. The predicted molar refractivity (Wildman–Crippen MR) is 135 cm³/mol. The molecule has 2 aliphatic heterocycles. The lowest BCUT2D eigenvalue weighted by atomic mass is 9.79. The van der Waals surface area contributed by atoms with Crippen molar-refractivity contribution in [3.8, 4) is 11.5 Å². The van der Waals surface area contributed by atoms with Gasteiger partial charge in [0.15, 0.2) is 5.78 Å². The highest BCUT2D eigenvalue weighted by Gasteiger charge is 2.40. The van der Waals surface area contributed by atoms with Gasteiger partial charge in [-0.1, -0.05) is 28.2 Å². The van der Waals surface area contributed by atoms with E-state index in [-0.39, 0.29) is 30.7 Å². The molecule has 6 rings (SSSR count). The number of halogens is 1. The van der Waals surface area contributed by atoms with Crippen molar-refractivity contribution in [3.05, 3.63) is 92.7 Å². The van der Waals surface area contributed by atoms with E-state index in [1.54, 1.807) is 37.4 Å². The SMILES string of the molecule is Cc1nnsc1C(=O)N1CC(=O)C2=C(C1)Nc1[nH]ncc1C2c1cccc(Oc2ccc(Cl)cc2)c1. The second-order valence-corrected chi connectivity index (χ2v) is 9.74. The zero-order chi connectivity index (χ0) is 24.8. The normalized spacial score (nSPS) is 16.9. The standard InChI is InChI=1S/C25H19ClN6O3S/c1-13-23(36-31-29-13)25(34)32-11-19-22(20(33)12-32)21(18-10-27-30-24(18)28-19)14-3-2-4-17(9-14)35-16-7-5-15(26)6-8-16/h2-10,21H,11-12H2,1H3,(H2,27,28,30). The number of ketones is 1. The number of aromatic nitrogens is 4. The zero-order valence-electron chi connectivity index (χ0n) is 19.0. The number of aryl methyl sites for hydroxylation is 1. The molecule has 2 N–H and O–H groups in total. The quantitative estimate of drug-likeness (QED) is 0.407. The first-order chi connectivity index (χ1) is 17.5. The number of benzene rings is 2. The Hall–Kier alpha value is -4.02. The van der Waals surface area contributed by atoms with Crippen LogP contribution in [0.1, 0.15) is 32.4 Å². The van der Waals surface area contributed by atoms with Crippen LogP contribution in [0.25, 0.3) is 0 Å². The number of carbonyl (C=O) groups excluding carboxylic acids is 2. The summed E-state index contributed by atoms with van der Waals surface area (Å²) in [6, 6.07) is 14.8. The van der Waals surface area contributed by atoms with Gasteiger partial charge >= 0.3 is 0 Å². The summed E-state index contributed by atoms with van der Waals surface area (Å²) in [5.74, 6) is 1.23. The second-order valence-electron chi connectivity index (χ2n) is 8.55. The highest BCUT2D eigenvalue weighted by atomic mass is 35.5. The lowest BCUT2D eigenvalue weighted by Gasteiger charge is -2.36. The lowest BCUT2D eigenvalue weighted by Crippen LogP contribution is -2.45. The molecular formula is C25H19ClN6O3S. The number of nitrogens with one attached hydrogen (secondary N) is 2. The number of Topliss-reactive ketones (excluding diaryl/α,β-unsaturated/α-hetero) is 1. The van der Waals surface area contributed by atoms with Gasteiger partial charge < -0.3 is 15.0 Å². The summed E-state index contributed by atoms with van der Waals surface area (Å²) >= 11 is 7.02. The van der Waals surface area contributed by atoms with Crippen LogP contribution in [0.5, 0.6) is 11.5 Å². The Balaban J connectivity index is 1.36. The molecule has 0 spiro atoms.